The first-order chi connectivity index (χ1) is 12.0. The van der Waals surface area contributed by atoms with Crippen LogP contribution in [0.3, 0.4) is 0 Å². The molecule has 2 aromatic rings. The summed E-state index contributed by atoms with van der Waals surface area (Å²) in [5.41, 5.74) is 0.731. The zero-order valence-corrected chi connectivity index (χ0v) is 14.2. The molecule has 2 aromatic carbocycles. The molecule has 1 aliphatic rings. The highest BCUT2D eigenvalue weighted by Gasteiger charge is 2.37. The molecule has 0 unspecified atom stereocenters. The number of benzene rings is 2. The number of para-hydroxylation sites is 1. The maximum Gasteiger partial charge on any atom is 0.244 e. The quantitative estimate of drug-likeness (QED) is 0.835. The van der Waals surface area contributed by atoms with Crippen LogP contribution in [0.4, 0.5) is 8.78 Å². The molecule has 1 amide bonds. The molecule has 1 heterocycles. The minimum atomic E-state index is -0.491. The van der Waals surface area contributed by atoms with Gasteiger partial charge < -0.3 is 9.64 Å². The summed E-state index contributed by atoms with van der Waals surface area (Å²) in [7, 11) is 3.61. The highest BCUT2D eigenvalue weighted by molar-refractivity contribution is 5.84. The Hall–Kier alpha value is -2.47. The van der Waals surface area contributed by atoms with Gasteiger partial charge in [0.05, 0.1) is 13.1 Å². The predicted molar refractivity (Wildman–Crippen MR) is 90.2 cm³/mol. The molecule has 0 spiro atoms. The Bertz CT molecular complexity index is 743. The summed E-state index contributed by atoms with van der Waals surface area (Å²) in [6, 6.07) is 11.7. The maximum absolute atomic E-state index is 13.6. The molecule has 4 nitrogen and oxygen atoms in total. The lowest BCUT2D eigenvalue weighted by atomic mass is 10.0. The minimum absolute atomic E-state index is 0.0787. The van der Waals surface area contributed by atoms with Gasteiger partial charge in [0.25, 0.3) is 0 Å². The molecule has 3 rings (SSSR count). The average molecular weight is 346 g/mol. The number of amides is 1. The first kappa shape index (κ1) is 17.4. The van der Waals surface area contributed by atoms with Crippen LogP contribution in [0, 0.1) is 11.6 Å². The van der Waals surface area contributed by atoms with E-state index in [1.807, 2.05) is 0 Å². The van der Waals surface area contributed by atoms with E-state index in [1.165, 1.54) is 18.2 Å². The molecule has 0 N–H and O–H groups in total. The number of likely N-dealkylation sites (tertiary alicyclic amines) is 1. The highest BCUT2D eigenvalue weighted by Crippen LogP contribution is 2.26. The summed E-state index contributed by atoms with van der Waals surface area (Å²) in [6.45, 7) is 0.803. The fourth-order valence-corrected chi connectivity index (χ4v) is 2.89. The number of likely N-dealkylation sites (N-methyl/N-ethyl adjacent to an activating group) is 1. The zero-order chi connectivity index (χ0) is 18.0. The third kappa shape index (κ3) is 3.79. The molecule has 1 atom stereocenters. The van der Waals surface area contributed by atoms with Gasteiger partial charge in [-0.05, 0) is 43.9 Å². The molecule has 0 bridgehead atoms. The van der Waals surface area contributed by atoms with Gasteiger partial charge in [-0.15, -0.1) is 0 Å². The molecular formula is C19H20F2N2O2. The molecular weight excluding hydrogens is 326 g/mol. The van der Waals surface area contributed by atoms with E-state index in [-0.39, 0.29) is 23.6 Å². The smallest absolute Gasteiger partial charge is 0.244 e. The number of carbonyl (C=O) groups excluding carboxylic acids is 1. The summed E-state index contributed by atoms with van der Waals surface area (Å²) in [5.74, 6) is -0.631. The second kappa shape index (κ2) is 7.19. The van der Waals surface area contributed by atoms with E-state index >= 15 is 0 Å². The van der Waals surface area contributed by atoms with Gasteiger partial charge in [-0.25, -0.2) is 8.78 Å². The lowest BCUT2D eigenvalue weighted by Crippen LogP contribution is -2.58. The second-order valence-electron chi connectivity index (χ2n) is 6.33. The van der Waals surface area contributed by atoms with E-state index < -0.39 is 11.9 Å². The van der Waals surface area contributed by atoms with Crippen molar-refractivity contribution in [3.05, 3.63) is 65.7 Å². The Labute approximate surface area is 145 Å². The van der Waals surface area contributed by atoms with E-state index in [9.17, 15) is 13.6 Å². The van der Waals surface area contributed by atoms with Gasteiger partial charge in [-0.3, -0.25) is 9.69 Å². The third-order valence-corrected chi connectivity index (χ3v) is 4.23. The Morgan fingerprint density at radius 1 is 1.12 bits per heavy atom. The van der Waals surface area contributed by atoms with Crippen LogP contribution >= 0.6 is 0 Å². The lowest BCUT2D eigenvalue weighted by Gasteiger charge is -2.41. The number of carbonyl (C=O) groups is 1. The molecule has 1 aliphatic heterocycles. The van der Waals surface area contributed by atoms with Crippen molar-refractivity contribution in [3.63, 3.8) is 0 Å². The van der Waals surface area contributed by atoms with Gasteiger partial charge in [0.2, 0.25) is 5.91 Å². The fourth-order valence-electron chi connectivity index (χ4n) is 2.89. The van der Waals surface area contributed by atoms with Gasteiger partial charge in [-0.2, -0.15) is 0 Å². The van der Waals surface area contributed by atoms with Crippen molar-refractivity contribution in [2.75, 3.05) is 27.2 Å². The lowest BCUT2D eigenvalue weighted by molar-refractivity contribution is -0.145. The number of halogens is 2. The molecule has 0 radical (unpaired) electrons. The van der Waals surface area contributed by atoms with Crippen LogP contribution in [0.25, 0.3) is 0 Å². The van der Waals surface area contributed by atoms with Crippen LogP contribution in [-0.4, -0.2) is 49.0 Å². The first-order valence-electron chi connectivity index (χ1n) is 8.07. The van der Waals surface area contributed by atoms with Crippen LogP contribution in [-0.2, 0) is 4.79 Å². The van der Waals surface area contributed by atoms with Crippen molar-refractivity contribution in [2.45, 2.75) is 12.1 Å². The molecule has 132 valence electrons. The highest BCUT2D eigenvalue weighted by atomic mass is 19.1. The number of hydrogen-bond donors (Lipinski definition) is 0. The van der Waals surface area contributed by atoms with Crippen molar-refractivity contribution in [2.24, 2.45) is 0 Å². The van der Waals surface area contributed by atoms with Gasteiger partial charge in [0, 0.05) is 0 Å². The summed E-state index contributed by atoms with van der Waals surface area (Å²) in [6.07, 6.45) is -0.225. The summed E-state index contributed by atoms with van der Waals surface area (Å²) < 4.78 is 32.3. The average Bonchev–Trinajstić information content (AvgIpc) is 2.53. The predicted octanol–water partition coefficient (Wildman–Crippen LogP) is 2.86. The maximum atomic E-state index is 13.6. The molecule has 0 aliphatic carbocycles. The zero-order valence-electron chi connectivity index (χ0n) is 14.2. The van der Waals surface area contributed by atoms with Crippen molar-refractivity contribution in [3.8, 4) is 5.75 Å². The van der Waals surface area contributed by atoms with Crippen LogP contribution in [0.15, 0.2) is 48.5 Å². The van der Waals surface area contributed by atoms with Crippen LogP contribution in [0.2, 0.25) is 0 Å². The standard InChI is InChI=1S/C19H20F2N2O2/c1-22(2)18(13-7-9-14(20)10-8-13)19(24)23-11-15(12-23)25-17-6-4-3-5-16(17)21/h3-10,15,18H,11-12H2,1-2H3/t18-/m0/s1. The third-order valence-electron chi connectivity index (χ3n) is 4.23. The number of nitrogens with zero attached hydrogens (tertiary/aromatic N) is 2. The minimum Gasteiger partial charge on any atom is -0.484 e. The van der Waals surface area contributed by atoms with Crippen molar-refractivity contribution < 1.29 is 18.3 Å². The number of ether oxygens (including phenoxy) is 1. The van der Waals surface area contributed by atoms with Crippen molar-refractivity contribution in [1.82, 2.24) is 9.80 Å². The number of rotatable bonds is 5. The Kier molecular flexibility index (Phi) is 4.99. The van der Waals surface area contributed by atoms with Gasteiger partial charge in [0.15, 0.2) is 11.6 Å². The summed E-state index contributed by atoms with van der Waals surface area (Å²) >= 11 is 0. The summed E-state index contributed by atoms with van der Waals surface area (Å²) in [5, 5.41) is 0. The van der Waals surface area contributed by atoms with Gasteiger partial charge >= 0.3 is 0 Å². The Balaban J connectivity index is 1.63. The fraction of sp³-hybridized carbons (Fsp3) is 0.316. The normalized spacial score (nSPS) is 15.8. The second-order valence-corrected chi connectivity index (χ2v) is 6.33. The van der Waals surface area contributed by atoms with Crippen molar-refractivity contribution in [1.29, 1.82) is 0 Å². The Morgan fingerprint density at radius 3 is 2.36 bits per heavy atom. The molecule has 0 saturated carbocycles. The molecule has 0 aromatic heterocycles. The van der Waals surface area contributed by atoms with Crippen LogP contribution in [0.5, 0.6) is 5.75 Å². The van der Waals surface area contributed by atoms with Crippen LogP contribution in [0.1, 0.15) is 11.6 Å². The first-order valence-corrected chi connectivity index (χ1v) is 8.07. The van der Waals surface area contributed by atoms with Gasteiger partial charge in [0.1, 0.15) is 18.0 Å². The van der Waals surface area contributed by atoms with Crippen LogP contribution < -0.4 is 4.74 Å². The molecule has 1 saturated heterocycles. The van der Waals surface area contributed by atoms with E-state index in [1.54, 1.807) is 54.2 Å². The SMILES string of the molecule is CN(C)[C@H](C(=O)N1CC(Oc2ccccc2F)C1)c1ccc(F)cc1. The molecule has 25 heavy (non-hydrogen) atoms. The van der Waals surface area contributed by atoms with E-state index in [0.717, 1.165) is 5.56 Å². The monoisotopic (exact) mass is 346 g/mol. The summed E-state index contributed by atoms with van der Waals surface area (Å²) in [4.78, 5) is 16.2. The molecule has 6 heteroatoms. The number of hydrogen-bond acceptors (Lipinski definition) is 3. The Morgan fingerprint density at radius 2 is 1.76 bits per heavy atom. The van der Waals surface area contributed by atoms with Gasteiger partial charge in [-0.1, -0.05) is 24.3 Å². The topological polar surface area (TPSA) is 32.8 Å². The van der Waals surface area contributed by atoms with E-state index in [2.05, 4.69) is 0 Å². The van der Waals surface area contributed by atoms with E-state index in [0.29, 0.717) is 13.1 Å². The molecule has 1 fully saturated rings. The van der Waals surface area contributed by atoms with E-state index in [4.69, 9.17) is 4.74 Å². The van der Waals surface area contributed by atoms with Crippen molar-refractivity contribution >= 4 is 5.91 Å². The largest absolute Gasteiger partial charge is 0.484 e.